The van der Waals surface area contributed by atoms with Gasteiger partial charge >= 0.3 is 0 Å². The van der Waals surface area contributed by atoms with Gasteiger partial charge in [0.05, 0.1) is 6.04 Å². The molecule has 25 heavy (non-hydrogen) atoms. The third kappa shape index (κ3) is 3.39. The van der Waals surface area contributed by atoms with Crippen molar-refractivity contribution in [3.8, 4) is 5.75 Å². The Labute approximate surface area is 148 Å². The lowest BCUT2D eigenvalue weighted by molar-refractivity contribution is -0.124. The summed E-state index contributed by atoms with van der Waals surface area (Å²) in [6.07, 6.45) is 3.57. The van der Waals surface area contributed by atoms with Gasteiger partial charge < -0.3 is 15.0 Å². The highest BCUT2D eigenvalue weighted by Gasteiger charge is 2.45. The van der Waals surface area contributed by atoms with Crippen LogP contribution < -0.4 is 10.1 Å². The Morgan fingerprint density at radius 1 is 1.36 bits per heavy atom. The lowest BCUT2D eigenvalue weighted by Crippen LogP contribution is -2.52. The van der Waals surface area contributed by atoms with Crippen molar-refractivity contribution in [2.75, 3.05) is 26.3 Å². The van der Waals surface area contributed by atoms with Crippen LogP contribution in [0.3, 0.4) is 0 Å². The molecule has 1 aromatic carbocycles. The Bertz CT molecular complexity index is 642. The quantitative estimate of drug-likeness (QED) is 0.911. The number of nitrogens with zero attached hydrogens (tertiary/aromatic N) is 1. The summed E-state index contributed by atoms with van der Waals surface area (Å²) in [7, 11) is 0. The average molecular weight is 346 g/mol. The molecule has 1 spiro atoms. The molecule has 0 aromatic heterocycles. The Hall–Kier alpha value is -1.62. The van der Waals surface area contributed by atoms with Gasteiger partial charge in [0, 0.05) is 37.5 Å². The Morgan fingerprint density at radius 2 is 2.08 bits per heavy atom. The second-order valence-electron chi connectivity index (χ2n) is 7.94. The molecule has 1 amide bonds. The summed E-state index contributed by atoms with van der Waals surface area (Å²) in [6.45, 7) is 4.05. The minimum Gasteiger partial charge on any atom is -0.487 e. The molecule has 4 rings (SSSR count). The molecule has 3 atom stereocenters. The Kier molecular flexibility index (Phi) is 4.44. The Balaban J connectivity index is 1.51. The van der Waals surface area contributed by atoms with Crippen molar-refractivity contribution in [1.29, 1.82) is 0 Å². The van der Waals surface area contributed by atoms with Crippen LogP contribution in [0, 0.1) is 11.8 Å². The number of ether oxygens (including phenoxy) is 1. The maximum atomic E-state index is 12.6. The third-order valence-electron chi connectivity index (χ3n) is 6.13. The van der Waals surface area contributed by atoms with Gasteiger partial charge in [-0.25, -0.2) is 4.39 Å². The second kappa shape index (κ2) is 6.60. The number of likely N-dealkylation sites (tertiary alicyclic amines) is 1. The van der Waals surface area contributed by atoms with Gasteiger partial charge in [-0.15, -0.1) is 0 Å². The monoisotopic (exact) mass is 346 g/mol. The molecular weight excluding hydrogens is 319 g/mol. The minimum absolute atomic E-state index is 0.0120. The van der Waals surface area contributed by atoms with Gasteiger partial charge in [0.15, 0.2) is 0 Å². The summed E-state index contributed by atoms with van der Waals surface area (Å²) < 4.78 is 19.0. The van der Waals surface area contributed by atoms with Gasteiger partial charge in [-0.05, 0) is 31.2 Å². The fourth-order valence-corrected chi connectivity index (χ4v) is 4.32. The van der Waals surface area contributed by atoms with Crippen LogP contribution in [0.5, 0.6) is 5.75 Å². The van der Waals surface area contributed by atoms with E-state index in [1.54, 1.807) is 0 Å². The normalized spacial score (nSPS) is 30.4. The summed E-state index contributed by atoms with van der Waals surface area (Å²) in [4.78, 5) is 14.7. The number of alkyl halides is 1. The molecule has 136 valence electrons. The van der Waals surface area contributed by atoms with Gasteiger partial charge in [0.1, 0.15) is 18.0 Å². The molecule has 3 unspecified atom stereocenters. The molecule has 0 radical (unpaired) electrons. The number of fused-ring (bicyclic) bond motifs is 1. The maximum absolute atomic E-state index is 12.6. The number of nitrogens with one attached hydrogen (secondary N) is 1. The van der Waals surface area contributed by atoms with Crippen molar-refractivity contribution >= 4 is 5.91 Å². The number of benzene rings is 1. The van der Waals surface area contributed by atoms with E-state index in [0.717, 1.165) is 50.1 Å². The second-order valence-corrected chi connectivity index (χ2v) is 7.94. The van der Waals surface area contributed by atoms with Gasteiger partial charge in [-0.2, -0.15) is 0 Å². The lowest BCUT2D eigenvalue weighted by Gasteiger charge is -2.47. The van der Waals surface area contributed by atoms with Gasteiger partial charge in [0.2, 0.25) is 5.91 Å². The highest BCUT2D eigenvalue weighted by atomic mass is 19.1. The third-order valence-corrected chi connectivity index (χ3v) is 6.13. The molecule has 1 aliphatic carbocycles. The minimum atomic E-state index is -0.297. The molecule has 2 fully saturated rings. The molecule has 2 heterocycles. The van der Waals surface area contributed by atoms with Crippen molar-refractivity contribution in [3.05, 3.63) is 29.8 Å². The molecule has 2 aliphatic heterocycles. The standard InChI is InChI=1S/C20H27FN2O2/c1-14-12-16(14)19(24)22-17-13-20(6-9-23(10-7-20)11-8-21)25-18-5-3-2-4-15(17)18/h2-5,14,16-17H,6-13H2,1H3,(H,22,24). The lowest BCUT2D eigenvalue weighted by atomic mass is 9.80. The van der Waals surface area contributed by atoms with Crippen LogP contribution in [0.4, 0.5) is 4.39 Å². The highest BCUT2D eigenvalue weighted by molar-refractivity contribution is 5.82. The fourth-order valence-electron chi connectivity index (χ4n) is 4.32. The van der Waals surface area contributed by atoms with Crippen LogP contribution in [-0.4, -0.2) is 42.7 Å². The van der Waals surface area contributed by atoms with E-state index in [9.17, 15) is 9.18 Å². The SMILES string of the molecule is CC1CC1C(=O)NC1CC2(CCN(CCF)CC2)Oc2ccccc21. The van der Waals surface area contributed by atoms with Crippen LogP contribution in [0.2, 0.25) is 0 Å². The van der Waals surface area contributed by atoms with Crippen molar-refractivity contribution < 1.29 is 13.9 Å². The fraction of sp³-hybridized carbons (Fsp3) is 0.650. The topological polar surface area (TPSA) is 41.6 Å². The van der Waals surface area contributed by atoms with Gasteiger partial charge in [0.25, 0.3) is 0 Å². The number of hydrogen-bond acceptors (Lipinski definition) is 3. The summed E-state index contributed by atoms with van der Waals surface area (Å²) in [5.41, 5.74) is 0.842. The highest BCUT2D eigenvalue weighted by Crippen LogP contribution is 2.45. The number of carbonyl (C=O) groups excluding carboxylic acids is 1. The average Bonchev–Trinajstić information content (AvgIpc) is 3.34. The number of halogens is 1. The number of para-hydroxylation sites is 1. The predicted octanol–water partition coefficient (Wildman–Crippen LogP) is 3.09. The molecular formula is C20H27FN2O2. The summed E-state index contributed by atoms with van der Waals surface area (Å²) >= 11 is 0. The van der Waals surface area contributed by atoms with E-state index in [4.69, 9.17) is 4.74 Å². The number of carbonyl (C=O) groups is 1. The smallest absolute Gasteiger partial charge is 0.223 e. The number of rotatable bonds is 4. The molecule has 1 N–H and O–H groups in total. The van der Waals surface area contributed by atoms with Crippen LogP contribution in [0.25, 0.3) is 0 Å². The molecule has 1 saturated carbocycles. The number of piperidine rings is 1. The van der Waals surface area contributed by atoms with Crippen molar-refractivity contribution in [2.24, 2.45) is 11.8 Å². The molecule has 3 aliphatic rings. The first-order chi connectivity index (χ1) is 12.1. The van der Waals surface area contributed by atoms with E-state index >= 15 is 0 Å². The van der Waals surface area contributed by atoms with Gasteiger partial charge in [-0.1, -0.05) is 25.1 Å². The zero-order valence-electron chi connectivity index (χ0n) is 14.8. The molecule has 1 aromatic rings. The maximum Gasteiger partial charge on any atom is 0.223 e. The first-order valence-corrected chi connectivity index (χ1v) is 9.47. The van der Waals surface area contributed by atoms with E-state index in [2.05, 4.69) is 23.2 Å². The Morgan fingerprint density at radius 3 is 2.76 bits per heavy atom. The molecule has 5 heteroatoms. The van der Waals surface area contributed by atoms with Crippen molar-refractivity contribution in [3.63, 3.8) is 0 Å². The molecule has 1 saturated heterocycles. The first kappa shape index (κ1) is 16.8. The van der Waals surface area contributed by atoms with E-state index < -0.39 is 0 Å². The first-order valence-electron chi connectivity index (χ1n) is 9.47. The summed E-state index contributed by atoms with van der Waals surface area (Å²) in [5.74, 6) is 1.76. The van der Waals surface area contributed by atoms with Crippen LogP contribution >= 0.6 is 0 Å². The summed E-state index contributed by atoms with van der Waals surface area (Å²) in [6, 6.07) is 8.06. The van der Waals surface area contributed by atoms with Gasteiger partial charge in [-0.3, -0.25) is 4.79 Å². The van der Waals surface area contributed by atoms with E-state index in [1.807, 2.05) is 18.2 Å². The van der Waals surface area contributed by atoms with Crippen molar-refractivity contribution in [1.82, 2.24) is 10.2 Å². The van der Waals surface area contributed by atoms with Crippen LogP contribution in [0.1, 0.15) is 44.2 Å². The number of hydrogen-bond donors (Lipinski definition) is 1. The van der Waals surface area contributed by atoms with E-state index in [1.165, 1.54) is 0 Å². The largest absolute Gasteiger partial charge is 0.487 e. The predicted molar refractivity (Wildman–Crippen MR) is 94.2 cm³/mol. The molecule has 4 nitrogen and oxygen atoms in total. The van der Waals surface area contributed by atoms with E-state index in [0.29, 0.717) is 12.5 Å². The summed E-state index contributed by atoms with van der Waals surface area (Å²) in [5, 5.41) is 3.28. The van der Waals surface area contributed by atoms with Crippen LogP contribution in [0.15, 0.2) is 24.3 Å². The molecule has 0 bridgehead atoms. The van der Waals surface area contributed by atoms with E-state index in [-0.39, 0.29) is 30.1 Å². The van der Waals surface area contributed by atoms with Crippen LogP contribution in [-0.2, 0) is 4.79 Å². The zero-order chi connectivity index (χ0) is 17.4. The zero-order valence-corrected chi connectivity index (χ0v) is 14.8. The number of amides is 1. The van der Waals surface area contributed by atoms with Crippen molar-refractivity contribution in [2.45, 2.75) is 44.2 Å².